The highest BCUT2D eigenvalue weighted by Crippen LogP contribution is 2.29. The first-order valence-electron chi connectivity index (χ1n) is 5.95. The van der Waals surface area contributed by atoms with Gasteiger partial charge in [0.1, 0.15) is 5.75 Å². The Balaban J connectivity index is 2.23. The maximum atomic E-state index is 8.95. The van der Waals surface area contributed by atoms with Crippen LogP contribution < -0.4 is 4.74 Å². The predicted octanol–water partition coefficient (Wildman–Crippen LogP) is 3.30. The second-order valence-electron chi connectivity index (χ2n) is 4.22. The molecule has 1 atom stereocenters. The first-order valence-corrected chi connectivity index (χ1v) is 6.83. The van der Waals surface area contributed by atoms with Gasteiger partial charge < -0.3 is 9.84 Å². The fraction of sp³-hybridized carbons (Fsp3) is 0.357. The van der Waals surface area contributed by atoms with E-state index in [4.69, 9.17) is 9.84 Å². The molecule has 0 aliphatic rings. The van der Waals surface area contributed by atoms with Crippen molar-refractivity contribution >= 4 is 11.3 Å². The Morgan fingerprint density at radius 1 is 1.44 bits per heavy atom. The zero-order valence-corrected chi connectivity index (χ0v) is 11.4. The average molecular weight is 263 g/mol. The monoisotopic (exact) mass is 263 g/mol. The van der Waals surface area contributed by atoms with Crippen LogP contribution in [0.25, 0.3) is 11.3 Å². The van der Waals surface area contributed by atoms with E-state index in [9.17, 15) is 0 Å². The maximum absolute atomic E-state index is 8.95. The molecule has 1 N–H and O–H groups in total. The van der Waals surface area contributed by atoms with Crippen LogP contribution >= 0.6 is 11.3 Å². The van der Waals surface area contributed by atoms with Crippen LogP contribution in [0.2, 0.25) is 0 Å². The molecule has 1 aromatic carbocycles. The Hall–Kier alpha value is -1.39. The molecular weight excluding hydrogens is 246 g/mol. The topological polar surface area (TPSA) is 42.4 Å². The highest BCUT2D eigenvalue weighted by atomic mass is 32.1. The zero-order chi connectivity index (χ0) is 13.0. The summed E-state index contributed by atoms with van der Waals surface area (Å²) in [6, 6.07) is 7.89. The lowest BCUT2D eigenvalue weighted by Crippen LogP contribution is -1.96. The Bertz CT molecular complexity index is 510. The van der Waals surface area contributed by atoms with Crippen molar-refractivity contribution in [2.75, 3.05) is 13.7 Å². The summed E-state index contributed by atoms with van der Waals surface area (Å²) in [6.45, 7) is 2.29. The Morgan fingerprint density at radius 2 is 2.28 bits per heavy atom. The standard InChI is InChI=1S/C14H17NO2S/c1-10(6-7-16)14-15-13(9-18-14)11-4-3-5-12(8-11)17-2/h3-5,8-10,16H,6-7H2,1-2H3. The van der Waals surface area contributed by atoms with Gasteiger partial charge in [0, 0.05) is 23.5 Å². The summed E-state index contributed by atoms with van der Waals surface area (Å²) in [5.41, 5.74) is 2.03. The first kappa shape index (κ1) is 13.1. The van der Waals surface area contributed by atoms with E-state index in [1.54, 1.807) is 18.4 Å². The summed E-state index contributed by atoms with van der Waals surface area (Å²) in [6.07, 6.45) is 0.755. The van der Waals surface area contributed by atoms with E-state index in [0.717, 1.165) is 28.4 Å². The third kappa shape index (κ3) is 2.89. The van der Waals surface area contributed by atoms with Gasteiger partial charge in [0.15, 0.2) is 0 Å². The van der Waals surface area contributed by atoms with Crippen LogP contribution in [0, 0.1) is 0 Å². The van der Waals surface area contributed by atoms with Gasteiger partial charge in [0.2, 0.25) is 0 Å². The van der Waals surface area contributed by atoms with Gasteiger partial charge in [-0.3, -0.25) is 0 Å². The fourth-order valence-electron chi connectivity index (χ4n) is 1.75. The summed E-state index contributed by atoms with van der Waals surface area (Å²) < 4.78 is 5.21. The van der Waals surface area contributed by atoms with Crippen molar-refractivity contribution < 1.29 is 9.84 Å². The van der Waals surface area contributed by atoms with E-state index in [1.807, 2.05) is 24.3 Å². The summed E-state index contributed by atoms with van der Waals surface area (Å²) in [7, 11) is 1.66. The fourth-order valence-corrected chi connectivity index (χ4v) is 2.67. The molecule has 0 amide bonds. The second-order valence-corrected chi connectivity index (χ2v) is 5.11. The van der Waals surface area contributed by atoms with Gasteiger partial charge in [0.05, 0.1) is 17.8 Å². The highest BCUT2D eigenvalue weighted by Gasteiger charge is 2.11. The number of ether oxygens (including phenoxy) is 1. The lowest BCUT2D eigenvalue weighted by molar-refractivity contribution is 0.278. The van der Waals surface area contributed by atoms with E-state index in [1.165, 1.54) is 0 Å². The average Bonchev–Trinajstić information content (AvgIpc) is 2.89. The number of hydrogen-bond donors (Lipinski definition) is 1. The number of aliphatic hydroxyl groups is 1. The SMILES string of the molecule is COc1cccc(-c2csc(C(C)CCO)n2)c1. The van der Waals surface area contributed by atoms with Crippen LogP contribution in [0.5, 0.6) is 5.75 Å². The molecule has 2 aromatic rings. The normalized spacial score (nSPS) is 12.4. The molecule has 0 aliphatic heterocycles. The predicted molar refractivity (Wildman–Crippen MR) is 74.2 cm³/mol. The number of aliphatic hydroxyl groups excluding tert-OH is 1. The molecule has 0 aliphatic carbocycles. The molecule has 2 rings (SSSR count). The molecule has 1 aromatic heterocycles. The van der Waals surface area contributed by atoms with Crippen molar-refractivity contribution in [2.24, 2.45) is 0 Å². The molecule has 0 radical (unpaired) electrons. The molecule has 0 fully saturated rings. The Kier molecular flexibility index (Phi) is 4.33. The minimum atomic E-state index is 0.204. The first-order chi connectivity index (χ1) is 8.74. The third-order valence-corrected chi connectivity index (χ3v) is 3.95. The zero-order valence-electron chi connectivity index (χ0n) is 10.6. The number of rotatable bonds is 5. The summed E-state index contributed by atoms with van der Waals surface area (Å²) in [5, 5.41) is 12.1. The van der Waals surface area contributed by atoms with Gasteiger partial charge in [0.25, 0.3) is 0 Å². The number of benzene rings is 1. The number of thiazole rings is 1. The quantitative estimate of drug-likeness (QED) is 0.900. The van der Waals surface area contributed by atoms with Crippen LogP contribution in [0.4, 0.5) is 0 Å². The van der Waals surface area contributed by atoms with Gasteiger partial charge in [-0.2, -0.15) is 0 Å². The molecule has 1 unspecified atom stereocenters. The number of aromatic nitrogens is 1. The molecule has 0 bridgehead atoms. The van der Waals surface area contributed by atoms with Crippen molar-refractivity contribution in [3.8, 4) is 17.0 Å². The number of hydrogen-bond acceptors (Lipinski definition) is 4. The van der Waals surface area contributed by atoms with E-state index in [-0.39, 0.29) is 6.61 Å². The van der Waals surface area contributed by atoms with Crippen LogP contribution in [-0.4, -0.2) is 23.8 Å². The van der Waals surface area contributed by atoms with Crippen LogP contribution in [0.15, 0.2) is 29.6 Å². The highest BCUT2D eigenvalue weighted by molar-refractivity contribution is 7.10. The lowest BCUT2D eigenvalue weighted by atomic mass is 10.1. The van der Waals surface area contributed by atoms with E-state index in [2.05, 4.69) is 17.3 Å². The summed E-state index contributed by atoms with van der Waals surface area (Å²) in [5.74, 6) is 1.14. The maximum Gasteiger partial charge on any atom is 0.119 e. The minimum absolute atomic E-state index is 0.204. The lowest BCUT2D eigenvalue weighted by Gasteiger charge is -2.04. The van der Waals surface area contributed by atoms with E-state index < -0.39 is 0 Å². The van der Waals surface area contributed by atoms with E-state index >= 15 is 0 Å². The molecular formula is C14H17NO2S. The largest absolute Gasteiger partial charge is 0.497 e. The van der Waals surface area contributed by atoms with Gasteiger partial charge >= 0.3 is 0 Å². The number of nitrogens with zero attached hydrogens (tertiary/aromatic N) is 1. The third-order valence-electron chi connectivity index (χ3n) is 2.87. The van der Waals surface area contributed by atoms with Gasteiger partial charge in [-0.25, -0.2) is 4.98 Å². The van der Waals surface area contributed by atoms with Crippen LogP contribution in [-0.2, 0) is 0 Å². The van der Waals surface area contributed by atoms with Crippen molar-refractivity contribution in [3.63, 3.8) is 0 Å². The Morgan fingerprint density at radius 3 is 3.00 bits per heavy atom. The molecule has 4 heteroatoms. The molecule has 0 saturated heterocycles. The smallest absolute Gasteiger partial charge is 0.119 e. The molecule has 0 saturated carbocycles. The summed E-state index contributed by atoms with van der Waals surface area (Å²) >= 11 is 1.64. The second kappa shape index (κ2) is 5.98. The molecule has 18 heavy (non-hydrogen) atoms. The number of methoxy groups -OCH3 is 1. The van der Waals surface area contributed by atoms with Gasteiger partial charge in [-0.1, -0.05) is 19.1 Å². The molecule has 96 valence electrons. The van der Waals surface area contributed by atoms with Crippen molar-refractivity contribution in [2.45, 2.75) is 19.3 Å². The Labute approximate surface area is 111 Å². The molecule has 0 spiro atoms. The molecule has 1 heterocycles. The molecule has 3 nitrogen and oxygen atoms in total. The van der Waals surface area contributed by atoms with Crippen molar-refractivity contribution in [3.05, 3.63) is 34.7 Å². The van der Waals surface area contributed by atoms with Crippen molar-refractivity contribution in [1.29, 1.82) is 0 Å². The van der Waals surface area contributed by atoms with Crippen molar-refractivity contribution in [1.82, 2.24) is 4.98 Å². The van der Waals surface area contributed by atoms with Gasteiger partial charge in [-0.05, 0) is 18.6 Å². The van der Waals surface area contributed by atoms with Crippen LogP contribution in [0.3, 0.4) is 0 Å². The minimum Gasteiger partial charge on any atom is -0.497 e. The summed E-state index contributed by atoms with van der Waals surface area (Å²) in [4.78, 5) is 4.63. The van der Waals surface area contributed by atoms with Crippen LogP contribution in [0.1, 0.15) is 24.3 Å². The van der Waals surface area contributed by atoms with E-state index in [0.29, 0.717) is 5.92 Å². The van der Waals surface area contributed by atoms with Gasteiger partial charge in [-0.15, -0.1) is 11.3 Å².